The van der Waals surface area contributed by atoms with Gasteiger partial charge in [0, 0.05) is 4.88 Å². The molecule has 2 aromatic rings. The Labute approximate surface area is 138 Å². The van der Waals surface area contributed by atoms with Crippen molar-refractivity contribution in [3.8, 4) is 0 Å². The van der Waals surface area contributed by atoms with Gasteiger partial charge in [-0.2, -0.15) is 4.68 Å². The normalized spacial score (nSPS) is 18.7. The molecule has 7 heteroatoms. The highest BCUT2D eigenvalue weighted by Crippen LogP contribution is 2.35. The Morgan fingerprint density at radius 1 is 1.52 bits per heavy atom. The molecule has 2 unspecified atom stereocenters. The zero-order valence-corrected chi connectivity index (χ0v) is 14.5. The Kier molecular flexibility index (Phi) is 4.48. The molecule has 23 heavy (non-hydrogen) atoms. The highest BCUT2D eigenvalue weighted by Gasteiger charge is 2.24. The predicted octanol–water partition coefficient (Wildman–Crippen LogP) is 2.32. The Morgan fingerprint density at radius 2 is 2.30 bits per heavy atom. The van der Waals surface area contributed by atoms with E-state index in [-0.39, 0.29) is 18.2 Å². The second-order valence-corrected chi connectivity index (χ2v) is 7.38. The minimum absolute atomic E-state index is 0.162. The number of carbonyl (C=O) groups is 1. The maximum atomic E-state index is 12.7. The van der Waals surface area contributed by atoms with E-state index in [9.17, 15) is 9.59 Å². The summed E-state index contributed by atoms with van der Waals surface area (Å²) < 4.78 is 6.34. The van der Waals surface area contributed by atoms with Crippen molar-refractivity contribution < 1.29 is 9.53 Å². The van der Waals surface area contributed by atoms with Gasteiger partial charge in [-0.05, 0) is 44.1 Å². The predicted molar refractivity (Wildman–Crippen MR) is 88.7 cm³/mol. The number of ether oxygens (including phenoxy) is 1. The van der Waals surface area contributed by atoms with Crippen LogP contribution in [0.15, 0.2) is 4.79 Å². The van der Waals surface area contributed by atoms with Gasteiger partial charge in [0.2, 0.25) is 0 Å². The number of hydrogen-bond donors (Lipinski definition) is 0. The maximum Gasteiger partial charge on any atom is 0.328 e. The molecule has 124 valence electrons. The zero-order chi connectivity index (χ0) is 16.6. The Hall–Kier alpha value is -1.76. The Balaban J connectivity index is 1.93. The van der Waals surface area contributed by atoms with E-state index in [1.807, 2.05) is 13.8 Å². The second kappa shape index (κ2) is 6.39. The highest BCUT2D eigenvalue weighted by atomic mass is 32.1. The molecule has 0 bridgehead atoms. The molecule has 0 amide bonds. The van der Waals surface area contributed by atoms with Crippen LogP contribution in [0.3, 0.4) is 0 Å². The summed E-state index contributed by atoms with van der Waals surface area (Å²) in [7, 11) is 0. The molecule has 2 aromatic heterocycles. The molecule has 0 saturated heterocycles. The fourth-order valence-electron chi connectivity index (χ4n) is 2.86. The van der Waals surface area contributed by atoms with E-state index in [2.05, 4.69) is 17.2 Å². The third-order valence-corrected chi connectivity index (χ3v) is 5.51. The number of nitrogens with zero attached hydrogens (tertiary/aromatic N) is 3. The van der Waals surface area contributed by atoms with Gasteiger partial charge in [-0.3, -0.25) is 9.59 Å². The molecular formula is C16H21N3O3S. The van der Waals surface area contributed by atoms with Crippen molar-refractivity contribution in [3.05, 3.63) is 20.8 Å². The molecule has 0 aromatic carbocycles. The van der Waals surface area contributed by atoms with Gasteiger partial charge in [-0.15, -0.1) is 16.4 Å². The van der Waals surface area contributed by atoms with Crippen molar-refractivity contribution in [3.63, 3.8) is 0 Å². The summed E-state index contributed by atoms with van der Waals surface area (Å²) in [5.41, 5.74) is 0.871. The topological polar surface area (TPSA) is 74.1 Å². The molecule has 6 nitrogen and oxygen atoms in total. The van der Waals surface area contributed by atoms with Crippen molar-refractivity contribution in [1.82, 2.24) is 15.0 Å². The number of thiophene rings is 1. The fraction of sp³-hybridized carbons (Fsp3) is 0.625. The molecule has 0 saturated carbocycles. The molecule has 1 aliphatic rings. The smallest absolute Gasteiger partial charge is 0.328 e. The largest absolute Gasteiger partial charge is 0.461 e. The van der Waals surface area contributed by atoms with Crippen molar-refractivity contribution in [2.24, 2.45) is 5.92 Å². The summed E-state index contributed by atoms with van der Waals surface area (Å²) in [6.45, 7) is 5.80. The van der Waals surface area contributed by atoms with E-state index in [4.69, 9.17) is 4.74 Å². The monoisotopic (exact) mass is 335 g/mol. The van der Waals surface area contributed by atoms with E-state index in [1.165, 1.54) is 4.88 Å². The van der Waals surface area contributed by atoms with Crippen molar-refractivity contribution in [2.45, 2.75) is 59.1 Å². The number of carbonyl (C=O) groups excluding carboxylic acids is 1. The van der Waals surface area contributed by atoms with Gasteiger partial charge in [-0.25, -0.2) is 0 Å². The first-order chi connectivity index (χ1) is 11.0. The van der Waals surface area contributed by atoms with Gasteiger partial charge in [-0.1, -0.05) is 19.1 Å². The lowest BCUT2D eigenvalue weighted by molar-refractivity contribution is -0.149. The average molecular weight is 335 g/mol. The molecule has 2 heterocycles. The van der Waals surface area contributed by atoms with Crippen LogP contribution in [0.4, 0.5) is 0 Å². The van der Waals surface area contributed by atoms with Crippen LogP contribution >= 0.6 is 11.3 Å². The lowest BCUT2D eigenvalue weighted by Gasteiger charge is -2.17. The number of fused-ring (bicyclic) bond motifs is 3. The van der Waals surface area contributed by atoms with Gasteiger partial charge in [0.05, 0.1) is 11.5 Å². The van der Waals surface area contributed by atoms with Crippen LogP contribution in [0, 0.1) is 5.92 Å². The van der Waals surface area contributed by atoms with Crippen molar-refractivity contribution in [1.29, 1.82) is 0 Å². The summed E-state index contributed by atoms with van der Waals surface area (Å²) in [5, 5.41) is 8.70. The van der Waals surface area contributed by atoms with Crippen LogP contribution in [0.2, 0.25) is 0 Å². The van der Waals surface area contributed by atoms with Crippen LogP contribution in [-0.4, -0.2) is 27.1 Å². The second-order valence-electron chi connectivity index (χ2n) is 6.29. The summed E-state index contributed by atoms with van der Waals surface area (Å²) in [6, 6.07) is 0. The van der Waals surface area contributed by atoms with Crippen LogP contribution in [0.25, 0.3) is 10.2 Å². The fourth-order valence-corrected chi connectivity index (χ4v) is 4.18. The number of esters is 1. The molecular weight excluding hydrogens is 314 g/mol. The minimum atomic E-state index is -0.451. The van der Waals surface area contributed by atoms with E-state index in [1.54, 1.807) is 11.3 Å². The zero-order valence-electron chi connectivity index (χ0n) is 13.7. The van der Waals surface area contributed by atoms with Crippen molar-refractivity contribution in [2.75, 3.05) is 0 Å². The van der Waals surface area contributed by atoms with Gasteiger partial charge in [0.25, 0.3) is 5.56 Å². The van der Waals surface area contributed by atoms with E-state index < -0.39 is 5.97 Å². The summed E-state index contributed by atoms with van der Waals surface area (Å²) in [6.07, 6.45) is 3.55. The van der Waals surface area contributed by atoms with Gasteiger partial charge >= 0.3 is 5.97 Å². The van der Waals surface area contributed by atoms with Crippen LogP contribution < -0.4 is 5.56 Å². The van der Waals surface area contributed by atoms with Crippen molar-refractivity contribution >= 4 is 27.5 Å². The number of rotatable bonds is 4. The first-order valence-corrected chi connectivity index (χ1v) is 8.88. The first-order valence-electron chi connectivity index (χ1n) is 8.07. The lowest BCUT2D eigenvalue weighted by Crippen LogP contribution is -2.30. The molecule has 1 aliphatic carbocycles. The molecule has 0 spiro atoms. The quantitative estimate of drug-likeness (QED) is 0.802. The summed E-state index contributed by atoms with van der Waals surface area (Å²) in [5.74, 6) is 0.184. The number of aryl methyl sites for hydroxylation is 1. The minimum Gasteiger partial charge on any atom is -0.461 e. The lowest BCUT2D eigenvalue weighted by atomic mass is 9.89. The van der Waals surface area contributed by atoms with Crippen LogP contribution in [-0.2, 0) is 28.9 Å². The molecule has 0 radical (unpaired) electrons. The third kappa shape index (κ3) is 3.15. The third-order valence-electron chi connectivity index (χ3n) is 4.37. The maximum absolute atomic E-state index is 12.7. The van der Waals surface area contributed by atoms with Gasteiger partial charge in [0.15, 0.2) is 4.83 Å². The van der Waals surface area contributed by atoms with Gasteiger partial charge in [0.1, 0.15) is 6.54 Å². The molecule has 0 N–H and O–H groups in total. The van der Waals surface area contributed by atoms with E-state index in [0.29, 0.717) is 16.1 Å². The van der Waals surface area contributed by atoms with Gasteiger partial charge < -0.3 is 4.74 Å². The Morgan fingerprint density at radius 3 is 3.04 bits per heavy atom. The molecule has 0 aliphatic heterocycles. The summed E-state index contributed by atoms with van der Waals surface area (Å²) in [4.78, 5) is 26.5. The van der Waals surface area contributed by atoms with Crippen LogP contribution in [0.1, 0.15) is 44.1 Å². The summed E-state index contributed by atoms with van der Waals surface area (Å²) >= 11 is 1.56. The molecule has 3 rings (SSSR count). The number of aromatic nitrogens is 3. The molecule has 2 atom stereocenters. The van der Waals surface area contributed by atoms with Crippen LogP contribution in [0.5, 0.6) is 0 Å². The standard InChI is InChI=1S/C16H21N3O3S/c1-4-10(3)22-13(20)8-19-16(21)14-11-6-5-9(2)7-12(11)23-15(14)17-18-19/h9-10H,4-8H2,1-3H3. The average Bonchev–Trinajstić information content (AvgIpc) is 2.88. The van der Waals surface area contributed by atoms with E-state index >= 15 is 0 Å². The number of hydrogen-bond acceptors (Lipinski definition) is 6. The molecule has 0 fully saturated rings. The SMILES string of the molecule is CCC(C)OC(=O)Cn1nnc2sc3c(c2c1=O)CCC(C)C3. The Bertz CT molecular complexity index is 796. The van der Waals surface area contributed by atoms with E-state index in [0.717, 1.165) is 35.9 Å². The first kappa shape index (κ1) is 16.1. The highest BCUT2D eigenvalue weighted by molar-refractivity contribution is 7.18.